The fraction of sp³-hybridized carbons (Fsp3) is 0.407. The van der Waals surface area contributed by atoms with Gasteiger partial charge in [-0.25, -0.2) is 4.98 Å². The van der Waals surface area contributed by atoms with Crippen molar-refractivity contribution in [2.24, 2.45) is 5.92 Å². The molecule has 2 aliphatic rings. The van der Waals surface area contributed by atoms with Gasteiger partial charge in [-0.1, -0.05) is 30.3 Å². The lowest BCUT2D eigenvalue weighted by Crippen LogP contribution is -2.37. The van der Waals surface area contributed by atoms with Gasteiger partial charge in [-0.2, -0.15) is 0 Å². The molecule has 0 amide bonds. The van der Waals surface area contributed by atoms with Crippen molar-refractivity contribution in [3.63, 3.8) is 0 Å². The molecule has 2 aromatic carbocycles. The van der Waals surface area contributed by atoms with E-state index in [0.717, 1.165) is 77.7 Å². The van der Waals surface area contributed by atoms with Crippen molar-refractivity contribution in [2.75, 3.05) is 26.9 Å². The normalized spacial score (nSPS) is 20.1. The number of ether oxygens (including phenoxy) is 2. The first-order chi connectivity index (χ1) is 16.7. The van der Waals surface area contributed by atoms with Gasteiger partial charge in [0.05, 0.1) is 32.0 Å². The first-order valence-corrected chi connectivity index (χ1v) is 12.9. The monoisotopic (exact) mass is 475 g/mol. The summed E-state index contributed by atoms with van der Waals surface area (Å²) in [6.45, 7) is 3.21. The molecule has 2 atom stereocenters. The SMILES string of the molecule is COc1ccc2ccccc2c1Cn1cnc2sc3c(c2c1=O)CCC(NCC1CCOC1)C3. The number of hydrogen-bond acceptors (Lipinski definition) is 6. The van der Waals surface area contributed by atoms with E-state index in [4.69, 9.17) is 14.5 Å². The van der Waals surface area contributed by atoms with Crippen LogP contribution in [0, 0.1) is 5.92 Å². The summed E-state index contributed by atoms with van der Waals surface area (Å²) >= 11 is 1.69. The van der Waals surface area contributed by atoms with Crippen LogP contribution in [0.3, 0.4) is 0 Å². The third-order valence-corrected chi connectivity index (χ3v) is 8.46. The third-order valence-electron chi connectivity index (χ3n) is 7.30. The van der Waals surface area contributed by atoms with Crippen LogP contribution in [0.2, 0.25) is 0 Å². The van der Waals surface area contributed by atoms with Gasteiger partial charge in [-0.15, -0.1) is 11.3 Å². The molecule has 1 saturated heterocycles. The van der Waals surface area contributed by atoms with Crippen LogP contribution in [0.5, 0.6) is 5.75 Å². The molecule has 1 N–H and O–H groups in total. The summed E-state index contributed by atoms with van der Waals surface area (Å²) in [6.07, 6.45) is 5.80. The van der Waals surface area contributed by atoms with E-state index in [1.165, 1.54) is 10.4 Å². The summed E-state index contributed by atoms with van der Waals surface area (Å²) in [6, 6.07) is 12.7. The second-order valence-corrected chi connectivity index (χ2v) is 10.5. The van der Waals surface area contributed by atoms with Crippen molar-refractivity contribution in [3.05, 3.63) is 69.1 Å². The second-order valence-electron chi connectivity index (χ2n) is 9.41. The Kier molecular flexibility index (Phi) is 5.85. The second kappa shape index (κ2) is 9.13. The van der Waals surface area contributed by atoms with Crippen molar-refractivity contribution in [3.8, 4) is 5.75 Å². The van der Waals surface area contributed by atoms with Gasteiger partial charge in [0, 0.05) is 29.6 Å². The molecule has 2 unspecified atom stereocenters. The number of nitrogens with zero attached hydrogens (tertiary/aromatic N) is 2. The maximum absolute atomic E-state index is 13.6. The Labute approximate surface area is 202 Å². The average molecular weight is 476 g/mol. The van der Waals surface area contributed by atoms with E-state index in [1.54, 1.807) is 29.3 Å². The summed E-state index contributed by atoms with van der Waals surface area (Å²) < 4.78 is 12.9. The number of benzene rings is 2. The number of methoxy groups -OCH3 is 1. The first kappa shape index (κ1) is 21.8. The minimum atomic E-state index is 0.0481. The Balaban J connectivity index is 1.30. The predicted molar refractivity (Wildman–Crippen MR) is 136 cm³/mol. The smallest absolute Gasteiger partial charge is 0.262 e. The lowest BCUT2D eigenvalue weighted by molar-refractivity contribution is 0.184. The fourth-order valence-corrected chi connectivity index (χ4v) is 6.66. The molecule has 3 heterocycles. The number of aryl methyl sites for hydroxylation is 1. The van der Waals surface area contributed by atoms with Gasteiger partial charge in [-0.05, 0) is 54.0 Å². The Morgan fingerprint density at radius 1 is 1.24 bits per heavy atom. The molecule has 7 heteroatoms. The van der Waals surface area contributed by atoms with Crippen LogP contribution in [-0.2, 0) is 24.1 Å². The van der Waals surface area contributed by atoms with Crippen molar-refractivity contribution in [2.45, 2.75) is 38.3 Å². The first-order valence-electron chi connectivity index (χ1n) is 12.1. The van der Waals surface area contributed by atoms with E-state index in [1.807, 2.05) is 18.2 Å². The molecule has 6 rings (SSSR count). The van der Waals surface area contributed by atoms with Gasteiger partial charge < -0.3 is 14.8 Å². The number of aromatic nitrogens is 2. The van der Waals surface area contributed by atoms with Gasteiger partial charge in [0.25, 0.3) is 5.56 Å². The van der Waals surface area contributed by atoms with Crippen molar-refractivity contribution in [1.29, 1.82) is 0 Å². The van der Waals surface area contributed by atoms with Crippen molar-refractivity contribution < 1.29 is 9.47 Å². The van der Waals surface area contributed by atoms with E-state index >= 15 is 0 Å². The lowest BCUT2D eigenvalue weighted by Gasteiger charge is -2.24. The van der Waals surface area contributed by atoms with Gasteiger partial charge in [0.1, 0.15) is 10.6 Å². The average Bonchev–Trinajstić information content (AvgIpc) is 3.52. The molecule has 34 heavy (non-hydrogen) atoms. The summed E-state index contributed by atoms with van der Waals surface area (Å²) in [5.41, 5.74) is 2.26. The highest BCUT2D eigenvalue weighted by atomic mass is 32.1. The molecule has 2 aromatic heterocycles. The van der Waals surface area contributed by atoms with Gasteiger partial charge in [0.15, 0.2) is 0 Å². The van der Waals surface area contributed by atoms with Crippen LogP contribution in [0.15, 0.2) is 47.5 Å². The van der Waals surface area contributed by atoms with Gasteiger partial charge in [0.2, 0.25) is 0 Å². The maximum Gasteiger partial charge on any atom is 0.262 e. The Morgan fingerprint density at radius 2 is 2.15 bits per heavy atom. The number of nitrogens with one attached hydrogen (secondary N) is 1. The zero-order chi connectivity index (χ0) is 23.1. The highest BCUT2D eigenvalue weighted by Gasteiger charge is 2.26. The molecule has 1 aliphatic heterocycles. The van der Waals surface area contributed by atoms with Crippen molar-refractivity contribution in [1.82, 2.24) is 14.9 Å². The molecule has 1 fully saturated rings. The molecular formula is C27H29N3O3S. The summed E-state index contributed by atoms with van der Waals surface area (Å²) in [7, 11) is 1.68. The maximum atomic E-state index is 13.6. The highest BCUT2D eigenvalue weighted by molar-refractivity contribution is 7.18. The molecule has 6 nitrogen and oxygen atoms in total. The highest BCUT2D eigenvalue weighted by Crippen LogP contribution is 2.34. The molecule has 0 spiro atoms. The van der Waals surface area contributed by atoms with E-state index in [0.29, 0.717) is 18.5 Å². The molecule has 0 saturated carbocycles. The van der Waals surface area contributed by atoms with Crippen LogP contribution in [0.25, 0.3) is 21.0 Å². The predicted octanol–water partition coefficient (Wildman–Crippen LogP) is 4.15. The largest absolute Gasteiger partial charge is 0.496 e. The number of thiophene rings is 1. The molecule has 1 aliphatic carbocycles. The van der Waals surface area contributed by atoms with Crippen LogP contribution in [0.1, 0.15) is 28.8 Å². The molecule has 4 aromatic rings. The minimum Gasteiger partial charge on any atom is -0.496 e. The lowest BCUT2D eigenvalue weighted by atomic mass is 9.92. The molecule has 0 radical (unpaired) electrons. The minimum absolute atomic E-state index is 0.0481. The van der Waals surface area contributed by atoms with E-state index in [-0.39, 0.29) is 5.56 Å². The Bertz CT molecular complexity index is 1400. The number of rotatable bonds is 6. The van der Waals surface area contributed by atoms with Crippen LogP contribution in [-0.4, -0.2) is 42.5 Å². The fourth-order valence-electron chi connectivity index (χ4n) is 5.41. The summed E-state index contributed by atoms with van der Waals surface area (Å²) in [4.78, 5) is 20.5. The molecule has 0 bridgehead atoms. The zero-order valence-corrected chi connectivity index (χ0v) is 20.2. The molecular weight excluding hydrogens is 446 g/mol. The number of fused-ring (bicyclic) bond motifs is 4. The summed E-state index contributed by atoms with van der Waals surface area (Å²) in [5.74, 6) is 1.42. The van der Waals surface area contributed by atoms with Crippen LogP contribution >= 0.6 is 11.3 Å². The topological polar surface area (TPSA) is 65.4 Å². The molecule has 176 valence electrons. The Morgan fingerprint density at radius 3 is 3.00 bits per heavy atom. The van der Waals surface area contributed by atoms with Gasteiger partial charge in [-0.3, -0.25) is 9.36 Å². The van der Waals surface area contributed by atoms with Crippen LogP contribution in [0.4, 0.5) is 0 Å². The Hall–Kier alpha value is -2.74. The number of hydrogen-bond donors (Lipinski definition) is 1. The summed E-state index contributed by atoms with van der Waals surface area (Å²) in [5, 5.41) is 6.79. The standard InChI is InChI=1S/C27H29N3O3S/c1-32-23-9-6-18-4-2-3-5-20(18)22(23)14-30-16-29-26-25(27(30)31)21-8-7-19(12-24(21)34-26)28-13-17-10-11-33-15-17/h2-6,9,16-17,19,28H,7-8,10-15H2,1H3. The third kappa shape index (κ3) is 3.91. The quantitative estimate of drug-likeness (QED) is 0.454. The van der Waals surface area contributed by atoms with Gasteiger partial charge >= 0.3 is 0 Å². The van der Waals surface area contributed by atoms with E-state index in [2.05, 4.69) is 23.5 Å². The van der Waals surface area contributed by atoms with Crippen molar-refractivity contribution >= 4 is 32.3 Å². The van der Waals surface area contributed by atoms with E-state index < -0.39 is 0 Å². The van der Waals surface area contributed by atoms with Crippen LogP contribution < -0.4 is 15.6 Å². The van der Waals surface area contributed by atoms with E-state index in [9.17, 15) is 4.79 Å². The zero-order valence-electron chi connectivity index (χ0n) is 19.4.